The molecule has 228 valence electrons. The zero-order valence-electron chi connectivity index (χ0n) is 24.5. The zero-order chi connectivity index (χ0) is 31.1. The molecular formula is C28H34ClN9O4S. The van der Waals surface area contributed by atoms with Crippen molar-refractivity contribution < 1.29 is 13.2 Å². The van der Waals surface area contributed by atoms with Crippen LogP contribution in [0.4, 0.5) is 17.3 Å². The molecule has 1 atom stereocenters. The van der Waals surface area contributed by atoms with E-state index in [4.69, 9.17) is 16.6 Å². The lowest BCUT2D eigenvalue weighted by molar-refractivity contribution is 0.0977. The van der Waals surface area contributed by atoms with Crippen molar-refractivity contribution in [2.45, 2.75) is 38.8 Å². The molecule has 15 heteroatoms. The lowest BCUT2D eigenvalue weighted by Gasteiger charge is -2.34. The van der Waals surface area contributed by atoms with Gasteiger partial charge in [-0.25, -0.2) is 23.1 Å². The molecule has 0 radical (unpaired) electrons. The van der Waals surface area contributed by atoms with E-state index in [2.05, 4.69) is 25.6 Å². The number of fused-ring (bicyclic) bond motifs is 1. The first-order valence-corrected chi connectivity index (χ1v) is 16.0. The van der Waals surface area contributed by atoms with Gasteiger partial charge in [0.15, 0.2) is 5.69 Å². The average Bonchev–Trinajstić information content (AvgIpc) is 3.35. The molecule has 1 amide bonds. The van der Waals surface area contributed by atoms with Gasteiger partial charge >= 0.3 is 0 Å². The van der Waals surface area contributed by atoms with Crippen molar-refractivity contribution in [2.24, 2.45) is 14.1 Å². The first kappa shape index (κ1) is 30.3. The predicted octanol–water partition coefficient (Wildman–Crippen LogP) is 2.97. The number of aryl methyl sites for hydroxylation is 2. The third-order valence-corrected chi connectivity index (χ3v) is 8.14. The zero-order valence-corrected chi connectivity index (χ0v) is 26.1. The SMILES string of the molecule is Cc1cc([C@@H](C)Nc2ccc(Cl)nc2C(=O)NS(C)(=O)=O)c2nc(N3CCC(Nc4cnn(C)c4)CC3)n(C)c(=O)c2c1. The number of amides is 1. The fraction of sp³-hybridized carbons (Fsp3) is 0.393. The second kappa shape index (κ2) is 11.8. The van der Waals surface area contributed by atoms with Crippen LogP contribution in [-0.4, -0.2) is 64.0 Å². The van der Waals surface area contributed by atoms with E-state index in [-0.39, 0.29) is 28.1 Å². The number of pyridine rings is 1. The van der Waals surface area contributed by atoms with Gasteiger partial charge in [-0.05, 0) is 50.5 Å². The van der Waals surface area contributed by atoms with Gasteiger partial charge < -0.3 is 15.5 Å². The van der Waals surface area contributed by atoms with Crippen LogP contribution in [0.5, 0.6) is 0 Å². The van der Waals surface area contributed by atoms with Crippen LogP contribution in [0, 0.1) is 6.92 Å². The number of sulfonamides is 1. The fourth-order valence-corrected chi connectivity index (χ4v) is 5.94. The summed E-state index contributed by atoms with van der Waals surface area (Å²) in [6, 6.07) is 6.66. The molecule has 1 saturated heterocycles. The van der Waals surface area contributed by atoms with E-state index in [0.717, 1.165) is 35.9 Å². The molecule has 43 heavy (non-hydrogen) atoms. The summed E-state index contributed by atoms with van der Waals surface area (Å²) >= 11 is 6.03. The molecule has 3 N–H and O–H groups in total. The smallest absolute Gasteiger partial charge is 0.285 e. The standard InChI is InChI=1S/C28H34ClN9O4S/c1-16-12-20(17(2)31-22-6-7-23(29)33-25(22)26(39)35-43(5,41)42)24-21(13-16)27(40)37(4)28(34-24)38-10-8-18(9-11-38)32-19-14-30-36(3)15-19/h6-7,12-15,17-18,31-32H,8-11H2,1-5H3,(H,35,39)/t17-/m1/s1. The lowest BCUT2D eigenvalue weighted by Crippen LogP contribution is -2.42. The Kier molecular flexibility index (Phi) is 8.34. The quantitative estimate of drug-likeness (QED) is 0.248. The predicted molar refractivity (Wildman–Crippen MR) is 167 cm³/mol. The summed E-state index contributed by atoms with van der Waals surface area (Å²) < 4.78 is 28.7. The van der Waals surface area contributed by atoms with E-state index >= 15 is 0 Å². The number of rotatable bonds is 8. The Labute approximate surface area is 254 Å². The van der Waals surface area contributed by atoms with Gasteiger partial charge in [0.25, 0.3) is 11.5 Å². The van der Waals surface area contributed by atoms with Crippen molar-refractivity contribution in [1.29, 1.82) is 0 Å². The Hall–Kier alpha value is -4.17. The summed E-state index contributed by atoms with van der Waals surface area (Å²) in [5, 5.41) is 11.5. The van der Waals surface area contributed by atoms with Gasteiger partial charge in [-0.3, -0.25) is 18.8 Å². The molecule has 0 saturated carbocycles. The van der Waals surface area contributed by atoms with E-state index in [1.165, 1.54) is 6.07 Å². The normalized spacial score (nSPS) is 15.0. The minimum Gasteiger partial charge on any atom is -0.380 e. The summed E-state index contributed by atoms with van der Waals surface area (Å²) in [6.07, 6.45) is 6.36. The Morgan fingerprint density at radius 1 is 1.14 bits per heavy atom. The van der Waals surface area contributed by atoms with Gasteiger partial charge in [-0.2, -0.15) is 5.10 Å². The summed E-state index contributed by atoms with van der Waals surface area (Å²) in [6.45, 7) is 5.20. The van der Waals surface area contributed by atoms with Gasteiger partial charge in [0, 0.05) is 45.0 Å². The van der Waals surface area contributed by atoms with Crippen LogP contribution >= 0.6 is 11.6 Å². The minimum absolute atomic E-state index is 0.0343. The lowest BCUT2D eigenvalue weighted by atomic mass is 10.0. The van der Waals surface area contributed by atoms with E-state index in [9.17, 15) is 18.0 Å². The van der Waals surface area contributed by atoms with Crippen molar-refractivity contribution in [1.82, 2.24) is 29.0 Å². The highest BCUT2D eigenvalue weighted by Gasteiger charge is 2.25. The molecule has 0 unspecified atom stereocenters. The summed E-state index contributed by atoms with van der Waals surface area (Å²) in [4.78, 5) is 37.5. The number of aromatic nitrogens is 5. The average molecular weight is 628 g/mol. The highest BCUT2D eigenvalue weighted by molar-refractivity contribution is 7.89. The van der Waals surface area contributed by atoms with Crippen LogP contribution in [0.2, 0.25) is 5.15 Å². The maximum Gasteiger partial charge on any atom is 0.285 e. The van der Waals surface area contributed by atoms with Crippen LogP contribution in [0.25, 0.3) is 10.9 Å². The second-order valence-corrected chi connectivity index (χ2v) is 13.1. The van der Waals surface area contributed by atoms with Gasteiger partial charge in [-0.15, -0.1) is 0 Å². The molecule has 4 aromatic rings. The molecule has 1 aliphatic heterocycles. The number of carbonyl (C=O) groups excluding carboxylic acids is 1. The third kappa shape index (κ3) is 6.75. The Bertz CT molecular complexity index is 1860. The number of hydrogen-bond donors (Lipinski definition) is 3. The van der Waals surface area contributed by atoms with Gasteiger partial charge in [0.2, 0.25) is 16.0 Å². The van der Waals surface area contributed by atoms with Crippen LogP contribution < -0.4 is 25.8 Å². The van der Waals surface area contributed by atoms with Gasteiger partial charge in [0.05, 0.1) is 40.8 Å². The molecule has 1 aromatic carbocycles. The largest absolute Gasteiger partial charge is 0.380 e. The van der Waals surface area contributed by atoms with E-state index in [1.807, 2.05) is 43.9 Å². The highest BCUT2D eigenvalue weighted by atomic mass is 35.5. The monoisotopic (exact) mass is 627 g/mol. The van der Waals surface area contributed by atoms with Crippen LogP contribution in [0.1, 0.15) is 47.4 Å². The Morgan fingerprint density at radius 3 is 2.51 bits per heavy atom. The Balaban J connectivity index is 1.45. The molecule has 0 aliphatic carbocycles. The number of carbonyl (C=O) groups is 1. The number of nitrogens with zero attached hydrogens (tertiary/aromatic N) is 6. The van der Waals surface area contributed by atoms with Crippen LogP contribution in [0.15, 0.2) is 41.5 Å². The third-order valence-electron chi connectivity index (χ3n) is 7.38. The first-order chi connectivity index (χ1) is 20.3. The topological polar surface area (TPSA) is 156 Å². The molecule has 3 aromatic heterocycles. The molecule has 0 spiro atoms. The molecular weight excluding hydrogens is 594 g/mol. The number of benzene rings is 1. The number of nitrogens with one attached hydrogen (secondary N) is 3. The van der Waals surface area contributed by atoms with E-state index < -0.39 is 22.0 Å². The number of halogens is 1. The molecule has 1 aliphatic rings. The number of anilines is 3. The van der Waals surface area contributed by atoms with Crippen molar-refractivity contribution >= 4 is 55.8 Å². The number of piperidine rings is 1. The van der Waals surface area contributed by atoms with Crippen molar-refractivity contribution in [3.05, 3.63) is 69.0 Å². The second-order valence-electron chi connectivity index (χ2n) is 10.9. The van der Waals surface area contributed by atoms with Crippen molar-refractivity contribution in [3.8, 4) is 0 Å². The van der Waals surface area contributed by atoms with Crippen molar-refractivity contribution in [2.75, 3.05) is 34.9 Å². The molecule has 5 rings (SSSR count). The van der Waals surface area contributed by atoms with Gasteiger partial charge in [0.1, 0.15) is 5.15 Å². The van der Waals surface area contributed by atoms with E-state index in [0.29, 0.717) is 29.9 Å². The van der Waals surface area contributed by atoms with Crippen LogP contribution in [-0.2, 0) is 24.1 Å². The maximum absolute atomic E-state index is 13.6. The molecule has 4 heterocycles. The summed E-state index contributed by atoms with van der Waals surface area (Å²) in [5.74, 6) is -0.333. The van der Waals surface area contributed by atoms with Gasteiger partial charge in [-0.1, -0.05) is 17.7 Å². The molecule has 13 nitrogen and oxygen atoms in total. The fourth-order valence-electron chi connectivity index (χ4n) is 5.36. The number of hydrogen-bond acceptors (Lipinski definition) is 10. The minimum atomic E-state index is -3.83. The first-order valence-electron chi connectivity index (χ1n) is 13.8. The molecule has 0 bridgehead atoms. The summed E-state index contributed by atoms with van der Waals surface area (Å²) in [7, 11) is -0.211. The highest BCUT2D eigenvalue weighted by Crippen LogP contribution is 2.30. The van der Waals surface area contributed by atoms with E-state index in [1.54, 1.807) is 28.6 Å². The summed E-state index contributed by atoms with van der Waals surface area (Å²) in [5.41, 5.74) is 3.08. The molecule has 1 fully saturated rings. The van der Waals surface area contributed by atoms with Crippen LogP contribution in [0.3, 0.4) is 0 Å². The maximum atomic E-state index is 13.6. The van der Waals surface area contributed by atoms with Crippen molar-refractivity contribution in [3.63, 3.8) is 0 Å². The Morgan fingerprint density at radius 2 is 1.86 bits per heavy atom.